The maximum absolute atomic E-state index is 12.3. The Labute approximate surface area is 149 Å². The van der Waals surface area contributed by atoms with Crippen LogP contribution in [0.3, 0.4) is 0 Å². The minimum absolute atomic E-state index is 0.00706. The van der Waals surface area contributed by atoms with E-state index in [2.05, 4.69) is 10.1 Å². The fourth-order valence-corrected chi connectivity index (χ4v) is 2.05. The molecular formula is C18H16ClF2NO3. The molecule has 0 heterocycles. The van der Waals surface area contributed by atoms with E-state index < -0.39 is 6.61 Å². The van der Waals surface area contributed by atoms with Crippen molar-refractivity contribution >= 4 is 23.6 Å². The van der Waals surface area contributed by atoms with Gasteiger partial charge in [0.25, 0.3) is 0 Å². The number of hydrogen-bond donors (Lipinski definition) is 1. The molecule has 0 spiro atoms. The van der Waals surface area contributed by atoms with Gasteiger partial charge in [0.05, 0.1) is 6.54 Å². The highest BCUT2D eigenvalue weighted by atomic mass is 35.5. The van der Waals surface area contributed by atoms with Crippen LogP contribution in [0.1, 0.15) is 5.56 Å². The molecule has 2 rings (SSSR count). The molecule has 1 amide bonds. The Morgan fingerprint density at radius 2 is 1.88 bits per heavy atom. The zero-order valence-corrected chi connectivity index (χ0v) is 13.9. The predicted octanol–water partition coefficient (Wildman–Crippen LogP) is 4.15. The van der Waals surface area contributed by atoms with Crippen LogP contribution in [0.4, 0.5) is 8.78 Å². The Balaban J connectivity index is 1.78. The third-order valence-corrected chi connectivity index (χ3v) is 3.28. The van der Waals surface area contributed by atoms with Gasteiger partial charge in [-0.3, -0.25) is 4.79 Å². The molecule has 0 saturated heterocycles. The normalized spacial score (nSPS) is 10.9. The van der Waals surface area contributed by atoms with Crippen LogP contribution in [0.5, 0.6) is 11.5 Å². The van der Waals surface area contributed by atoms with Crippen molar-refractivity contribution in [2.75, 3.05) is 13.2 Å². The summed E-state index contributed by atoms with van der Waals surface area (Å²) in [5.74, 6) is 0.284. The Morgan fingerprint density at radius 1 is 1.16 bits per heavy atom. The molecule has 0 fully saturated rings. The first-order chi connectivity index (χ1) is 12.0. The molecule has 0 aromatic heterocycles. The Kier molecular flexibility index (Phi) is 7.22. The van der Waals surface area contributed by atoms with Crippen molar-refractivity contribution in [1.29, 1.82) is 0 Å². The molecule has 132 valence electrons. The maximum atomic E-state index is 12.3. The van der Waals surface area contributed by atoms with E-state index in [1.165, 1.54) is 18.2 Å². The number of benzene rings is 2. The van der Waals surface area contributed by atoms with Gasteiger partial charge in [-0.1, -0.05) is 29.8 Å². The van der Waals surface area contributed by atoms with Gasteiger partial charge in [0.2, 0.25) is 5.91 Å². The maximum Gasteiger partial charge on any atom is 0.387 e. The number of nitrogens with one attached hydrogen (secondary N) is 1. The number of ether oxygens (including phenoxy) is 2. The molecule has 0 atom stereocenters. The molecule has 0 radical (unpaired) electrons. The molecule has 1 N–H and O–H groups in total. The van der Waals surface area contributed by atoms with Gasteiger partial charge in [0, 0.05) is 16.7 Å². The zero-order valence-electron chi connectivity index (χ0n) is 13.1. The number of carbonyl (C=O) groups is 1. The van der Waals surface area contributed by atoms with Crippen LogP contribution >= 0.6 is 11.6 Å². The average Bonchev–Trinajstić information content (AvgIpc) is 2.59. The number of amides is 1. The second kappa shape index (κ2) is 9.64. The summed E-state index contributed by atoms with van der Waals surface area (Å²) in [4.78, 5) is 11.7. The van der Waals surface area contributed by atoms with Gasteiger partial charge in [0.1, 0.15) is 18.1 Å². The first-order valence-corrected chi connectivity index (χ1v) is 7.80. The van der Waals surface area contributed by atoms with E-state index in [0.29, 0.717) is 22.9 Å². The molecule has 2 aromatic rings. The lowest BCUT2D eigenvalue weighted by molar-refractivity contribution is -0.116. The molecule has 0 aliphatic rings. The number of carbonyl (C=O) groups excluding carboxylic acids is 1. The van der Waals surface area contributed by atoms with Crippen molar-refractivity contribution in [3.8, 4) is 11.5 Å². The molecule has 0 aliphatic heterocycles. The van der Waals surface area contributed by atoms with Crippen LogP contribution in [0.25, 0.3) is 6.08 Å². The molecular weight excluding hydrogens is 352 g/mol. The minimum atomic E-state index is -2.92. The van der Waals surface area contributed by atoms with E-state index in [4.69, 9.17) is 16.3 Å². The van der Waals surface area contributed by atoms with Crippen molar-refractivity contribution in [1.82, 2.24) is 5.32 Å². The van der Waals surface area contributed by atoms with Gasteiger partial charge < -0.3 is 14.8 Å². The highest BCUT2D eigenvalue weighted by Crippen LogP contribution is 2.21. The van der Waals surface area contributed by atoms with E-state index >= 15 is 0 Å². The lowest BCUT2D eigenvalue weighted by Gasteiger charge is -2.08. The van der Waals surface area contributed by atoms with Gasteiger partial charge in [-0.05, 0) is 36.4 Å². The largest absolute Gasteiger partial charge is 0.492 e. The van der Waals surface area contributed by atoms with Crippen molar-refractivity contribution in [3.63, 3.8) is 0 Å². The summed E-state index contributed by atoms with van der Waals surface area (Å²) < 4.78 is 34.5. The monoisotopic (exact) mass is 367 g/mol. The Bertz CT molecular complexity index is 721. The number of para-hydroxylation sites is 1. The molecule has 25 heavy (non-hydrogen) atoms. The lowest BCUT2D eigenvalue weighted by atomic mass is 10.2. The van der Waals surface area contributed by atoms with Crippen LogP contribution in [0.2, 0.25) is 5.02 Å². The van der Waals surface area contributed by atoms with Gasteiger partial charge in [-0.15, -0.1) is 0 Å². The second-order valence-corrected chi connectivity index (χ2v) is 5.28. The van der Waals surface area contributed by atoms with Crippen LogP contribution < -0.4 is 14.8 Å². The fraction of sp³-hybridized carbons (Fsp3) is 0.167. The number of hydrogen-bond acceptors (Lipinski definition) is 3. The zero-order chi connectivity index (χ0) is 18.1. The van der Waals surface area contributed by atoms with Crippen molar-refractivity contribution in [2.24, 2.45) is 0 Å². The summed E-state index contributed by atoms with van der Waals surface area (Å²) in [7, 11) is 0. The Morgan fingerprint density at radius 3 is 2.60 bits per heavy atom. The summed E-state index contributed by atoms with van der Waals surface area (Å²) in [5.41, 5.74) is 0.385. The third kappa shape index (κ3) is 6.81. The number of alkyl halides is 2. The lowest BCUT2D eigenvalue weighted by Crippen LogP contribution is -2.26. The molecule has 4 nitrogen and oxygen atoms in total. The predicted molar refractivity (Wildman–Crippen MR) is 92.1 cm³/mol. The van der Waals surface area contributed by atoms with Crippen molar-refractivity contribution in [3.05, 3.63) is 65.2 Å². The van der Waals surface area contributed by atoms with E-state index in [9.17, 15) is 13.6 Å². The summed E-state index contributed by atoms with van der Waals surface area (Å²) in [5, 5.41) is 3.24. The van der Waals surface area contributed by atoms with Gasteiger partial charge in [-0.2, -0.15) is 8.78 Å². The first kappa shape index (κ1) is 18.7. The van der Waals surface area contributed by atoms with E-state index in [1.54, 1.807) is 42.5 Å². The third-order valence-electron chi connectivity index (χ3n) is 3.03. The van der Waals surface area contributed by atoms with Crippen LogP contribution in [0.15, 0.2) is 54.6 Å². The summed E-state index contributed by atoms with van der Waals surface area (Å²) >= 11 is 5.77. The first-order valence-electron chi connectivity index (χ1n) is 7.43. The van der Waals surface area contributed by atoms with Crippen LogP contribution in [0, 0.1) is 0 Å². The quantitative estimate of drug-likeness (QED) is 0.563. The highest BCUT2D eigenvalue weighted by Gasteiger charge is 2.07. The van der Waals surface area contributed by atoms with Gasteiger partial charge >= 0.3 is 6.61 Å². The van der Waals surface area contributed by atoms with Gasteiger partial charge in [0.15, 0.2) is 0 Å². The molecule has 7 heteroatoms. The Hall–Kier alpha value is -2.60. The topological polar surface area (TPSA) is 47.6 Å². The second-order valence-electron chi connectivity index (χ2n) is 4.84. The standard InChI is InChI=1S/C18H16ClF2NO3/c19-14-6-8-15(9-7-14)24-12-11-22-17(23)10-5-13-3-1-2-4-16(13)25-18(20)21/h1-10,18H,11-12H2,(H,22,23). The summed E-state index contributed by atoms with van der Waals surface area (Å²) in [6.45, 7) is -2.35. The molecule has 0 saturated carbocycles. The number of halogens is 3. The molecule has 2 aromatic carbocycles. The highest BCUT2D eigenvalue weighted by molar-refractivity contribution is 6.30. The number of rotatable bonds is 8. The van der Waals surface area contributed by atoms with Gasteiger partial charge in [-0.25, -0.2) is 0 Å². The summed E-state index contributed by atoms with van der Waals surface area (Å²) in [6, 6.07) is 13.1. The average molecular weight is 368 g/mol. The fourth-order valence-electron chi connectivity index (χ4n) is 1.92. The summed E-state index contributed by atoms with van der Waals surface area (Å²) in [6.07, 6.45) is 2.66. The SMILES string of the molecule is O=C(C=Cc1ccccc1OC(F)F)NCCOc1ccc(Cl)cc1. The molecule has 0 unspecified atom stereocenters. The van der Waals surface area contributed by atoms with Crippen LogP contribution in [-0.4, -0.2) is 25.7 Å². The smallest absolute Gasteiger partial charge is 0.387 e. The van der Waals surface area contributed by atoms with E-state index in [0.717, 1.165) is 0 Å². The molecule has 0 aliphatic carbocycles. The van der Waals surface area contributed by atoms with E-state index in [-0.39, 0.29) is 18.3 Å². The van der Waals surface area contributed by atoms with Crippen molar-refractivity contribution < 1.29 is 23.0 Å². The van der Waals surface area contributed by atoms with Crippen LogP contribution in [-0.2, 0) is 4.79 Å². The minimum Gasteiger partial charge on any atom is -0.492 e. The van der Waals surface area contributed by atoms with Crippen molar-refractivity contribution in [2.45, 2.75) is 6.61 Å². The molecule has 0 bridgehead atoms. The van der Waals surface area contributed by atoms with E-state index in [1.807, 2.05) is 0 Å².